The van der Waals surface area contributed by atoms with Crippen LogP contribution in [0, 0.1) is 24.0 Å². The molecule has 0 amide bonds. The highest BCUT2D eigenvalue weighted by Crippen LogP contribution is 2.24. The van der Waals surface area contributed by atoms with Crippen LogP contribution in [0.4, 0.5) is 5.69 Å². The van der Waals surface area contributed by atoms with Gasteiger partial charge in [0.05, 0.1) is 11.5 Å². The molecular formula is C11H14N2O3. The number of carbonyl (C=O) groups is 1. The fraction of sp³-hybridized carbons (Fsp3) is 0.364. The zero-order valence-corrected chi connectivity index (χ0v) is 9.53. The second-order valence-electron chi connectivity index (χ2n) is 3.67. The number of ketones is 1. The summed E-state index contributed by atoms with van der Waals surface area (Å²) in [6, 6.07) is 3.12. The van der Waals surface area contributed by atoms with E-state index in [1.54, 1.807) is 33.0 Å². The molecular weight excluding hydrogens is 208 g/mol. The quantitative estimate of drug-likeness (QED) is 0.477. The molecule has 0 saturated heterocycles. The summed E-state index contributed by atoms with van der Waals surface area (Å²) in [5, 5.41) is 13.5. The third kappa shape index (κ3) is 2.43. The van der Waals surface area contributed by atoms with Crippen LogP contribution in [0.1, 0.15) is 21.5 Å². The topological polar surface area (TPSA) is 72.2 Å². The Labute approximate surface area is 93.6 Å². The van der Waals surface area contributed by atoms with Crippen LogP contribution in [-0.4, -0.2) is 24.3 Å². The highest BCUT2D eigenvalue weighted by molar-refractivity contribution is 5.98. The number of nitro groups is 1. The summed E-state index contributed by atoms with van der Waals surface area (Å²) in [4.78, 5) is 21.9. The van der Waals surface area contributed by atoms with Gasteiger partial charge in [-0.05, 0) is 33.0 Å². The Bertz CT molecular complexity index is 418. The van der Waals surface area contributed by atoms with Gasteiger partial charge in [0.1, 0.15) is 0 Å². The zero-order valence-electron chi connectivity index (χ0n) is 9.53. The number of rotatable bonds is 4. The van der Waals surface area contributed by atoms with E-state index in [1.807, 2.05) is 0 Å². The van der Waals surface area contributed by atoms with Crippen LogP contribution in [0.2, 0.25) is 0 Å². The fourth-order valence-electron chi connectivity index (χ4n) is 1.67. The molecule has 0 unspecified atom stereocenters. The van der Waals surface area contributed by atoms with E-state index in [1.165, 1.54) is 0 Å². The average molecular weight is 222 g/mol. The highest BCUT2D eigenvalue weighted by atomic mass is 16.6. The minimum atomic E-state index is -0.420. The third-order valence-electron chi connectivity index (χ3n) is 2.33. The van der Waals surface area contributed by atoms with Gasteiger partial charge in [0, 0.05) is 16.7 Å². The van der Waals surface area contributed by atoms with Crippen molar-refractivity contribution in [3.05, 3.63) is 38.9 Å². The number of likely N-dealkylation sites (N-methyl/N-ethyl adjacent to an activating group) is 1. The molecule has 0 saturated carbocycles. The summed E-state index contributed by atoms with van der Waals surface area (Å²) in [5.74, 6) is -0.0661. The normalized spacial score (nSPS) is 10.2. The maximum absolute atomic E-state index is 11.6. The van der Waals surface area contributed by atoms with Crippen LogP contribution >= 0.6 is 0 Å². The molecule has 0 spiro atoms. The lowest BCUT2D eigenvalue weighted by atomic mass is 10.0. The first-order valence-corrected chi connectivity index (χ1v) is 4.90. The zero-order chi connectivity index (χ0) is 12.3. The van der Waals surface area contributed by atoms with E-state index in [2.05, 4.69) is 5.32 Å². The molecule has 1 aromatic rings. The van der Waals surface area contributed by atoms with Gasteiger partial charge in [0.2, 0.25) is 0 Å². The number of Topliss-reactive ketones (excluding diaryl/α,β-unsaturated/α-hetero) is 1. The van der Waals surface area contributed by atoms with Crippen molar-refractivity contribution in [1.82, 2.24) is 5.32 Å². The Kier molecular flexibility index (Phi) is 3.73. The van der Waals surface area contributed by atoms with Crippen LogP contribution in [0.25, 0.3) is 0 Å². The van der Waals surface area contributed by atoms with Gasteiger partial charge in [-0.1, -0.05) is 0 Å². The predicted molar refractivity (Wildman–Crippen MR) is 60.8 cm³/mol. The molecule has 0 fully saturated rings. The Hall–Kier alpha value is -1.75. The summed E-state index contributed by atoms with van der Waals surface area (Å²) >= 11 is 0. The van der Waals surface area contributed by atoms with Gasteiger partial charge in [0.25, 0.3) is 5.69 Å². The molecule has 0 aliphatic rings. The molecule has 5 nitrogen and oxygen atoms in total. The number of aryl methyl sites for hydroxylation is 2. The van der Waals surface area contributed by atoms with E-state index in [0.717, 1.165) is 0 Å². The van der Waals surface area contributed by atoms with Crippen molar-refractivity contribution in [2.24, 2.45) is 0 Å². The molecule has 1 rings (SSSR count). The standard InChI is InChI=1S/C11H14N2O3/c1-7-4-9(10(14)6-12-3)5-8(2)11(7)13(15)16/h4-5,12H,6H2,1-3H3. The number of nitrogens with one attached hydrogen (secondary N) is 1. The Morgan fingerprint density at radius 3 is 2.25 bits per heavy atom. The largest absolute Gasteiger partial charge is 0.313 e. The smallest absolute Gasteiger partial charge is 0.275 e. The van der Waals surface area contributed by atoms with Gasteiger partial charge in [-0.25, -0.2) is 0 Å². The number of hydrogen-bond acceptors (Lipinski definition) is 4. The van der Waals surface area contributed by atoms with Crippen LogP contribution in [-0.2, 0) is 0 Å². The molecule has 1 aromatic carbocycles. The molecule has 0 bridgehead atoms. The molecule has 1 N–H and O–H groups in total. The minimum absolute atomic E-state index is 0.0661. The maximum atomic E-state index is 11.6. The second kappa shape index (κ2) is 4.85. The van der Waals surface area contributed by atoms with Gasteiger partial charge < -0.3 is 5.32 Å². The lowest BCUT2D eigenvalue weighted by molar-refractivity contribution is -0.386. The Morgan fingerprint density at radius 2 is 1.88 bits per heavy atom. The number of nitrogens with zero attached hydrogens (tertiary/aromatic N) is 1. The molecule has 0 aromatic heterocycles. The molecule has 86 valence electrons. The van der Waals surface area contributed by atoms with E-state index in [-0.39, 0.29) is 18.0 Å². The average Bonchev–Trinajstić information content (AvgIpc) is 2.16. The van der Waals surface area contributed by atoms with Gasteiger partial charge in [0.15, 0.2) is 5.78 Å². The van der Waals surface area contributed by atoms with E-state index < -0.39 is 4.92 Å². The van der Waals surface area contributed by atoms with E-state index in [0.29, 0.717) is 16.7 Å². The minimum Gasteiger partial charge on any atom is -0.313 e. The second-order valence-corrected chi connectivity index (χ2v) is 3.67. The molecule has 0 aliphatic carbocycles. The lowest BCUT2D eigenvalue weighted by Crippen LogP contribution is -2.18. The molecule has 16 heavy (non-hydrogen) atoms. The van der Waals surface area contributed by atoms with E-state index in [4.69, 9.17) is 0 Å². The van der Waals surface area contributed by atoms with Gasteiger partial charge >= 0.3 is 0 Å². The summed E-state index contributed by atoms with van der Waals surface area (Å²) in [7, 11) is 1.68. The number of hydrogen-bond donors (Lipinski definition) is 1. The van der Waals surface area contributed by atoms with Crippen LogP contribution in [0.5, 0.6) is 0 Å². The SMILES string of the molecule is CNCC(=O)c1cc(C)c([N+](=O)[O-])c(C)c1. The van der Waals surface area contributed by atoms with Crippen molar-refractivity contribution in [1.29, 1.82) is 0 Å². The first kappa shape index (κ1) is 12.3. The Balaban J connectivity index is 3.19. The molecule has 0 radical (unpaired) electrons. The molecule has 0 atom stereocenters. The van der Waals surface area contributed by atoms with Crippen molar-refractivity contribution in [3.63, 3.8) is 0 Å². The van der Waals surface area contributed by atoms with Crippen LogP contribution < -0.4 is 5.32 Å². The first-order chi connectivity index (χ1) is 7.47. The number of nitro benzene ring substituents is 1. The van der Waals surface area contributed by atoms with Gasteiger partial charge in [-0.15, -0.1) is 0 Å². The van der Waals surface area contributed by atoms with Crippen molar-refractivity contribution in [2.45, 2.75) is 13.8 Å². The van der Waals surface area contributed by atoms with Gasteiger partial charge in [-0.3, -0.25) is 14.9 Å². The summed E-state index contributed by atoms with van der Waals surface area (Å²) in [5.41, 5.74) is 1.63. The van der Waals surface area contributed by atoms with Crippen LogP contribution in [0.3, 0.4) is 0 Å². The Morgan fingerprint density at radius 1 is 1.38 bits per heavy atom. The fourth-order valence-corrected chi connectivity index (χ4v) is 1.67. The van der Waals surface area contributed by atoms with E-state index >= 15 is 0 Å². The summed E-state index contributed by atoms with van der Waals surface area (Å²) < 4.78 is 0. The van der Waals surface area contributed by atoms with E-state index in [9.17, 15) is 14.9 Å². The molecule has 0 aliphatic heterocycles. The monoisotopic (exact) mass is 222 g/mol. The maximum Gasteiger partial charge on any atom is 0.275 e. The lowest BCUT2D eigenvalue weighted by Gasteiger charge is -2.05. The first-order valence-electron chi connectivity index (χ1n) is 4.90. The summed E-state index contributed by atoms with van der Waals surface area (Å²) in [6.07, 6.45) is 0. The van der Waals surface area contributed by atoms with Crippen LogP contribution in [0.15, 0.2) is 12.1 Å². The van der Waals surface area contributed by atoms with Gasteiger partial charge in [-0.2, -0.15) is 0 Å². The predicted octanol–water partition coefficient (Wildman–Crippen LogP) is 1.61. The number of carbonyl (C=O) groups excluding carboxylic acids is 1. The van der Waals surface area contributed by atoms with Crippen molar-refractivity contribution in [3.8, 4) is 0 Å². The molecule has 5 heteroatoms. The van der Waals surface area contributed by atoms with Crippen molar-refractivity contribution < 1.29 is 9.72 Å². The highest BCUT2D eigenvalue weighted by Gasteiger charge is 2.17. The number of benzene rings is 1. The van der Waals surface area contributed by atoms with Crippen molar-refractivity contribution >= 4 is 11.5 Å². The molecule has 0 heterocycles. The van der Waals surface area contributed by atoms with Crippen molar-refractivity contribution in [2.75, 3.05) is 13.6 Å². The summed E-state index contributed by atoms with van der Waals surface area (Å²) in [6.45, 7) is 3.51. The third-order valence-corrected chi connectivity index (χ3v) is 2.33.